The zero-order valence-electron chi connectivity index (χ0n) is 9.98. The molecule has 1 aromatic rings. The molecule has 17 heavy (non-hydrogen) atoms. The number of carbonyl (C=O) groups is 1. The SMILES string of the molecule is COC(=O)/C=C/NC1CCc2ccccc2C1. The van der Waals surface area contributed by atoms with E-state index in [0.717, 1.165) is 19.3 Å². The molecule has 0 aromatic heterocycles. The van der Waals surface area contributed by atoms with Crippen molar-refractivity contribution < 1.29 is 9.53 Å². The number of rotatable bonds is 3. The van der Waals surface area contributed by atoms with E-state index in [1.54, 1.807) is 6.20 Å². The van der Waals surface area contributed by atoms with Gasteiger partial charge in [-0.1, -0.05) is 24.3 Å². The summed E-state index contributed by atoms with van der Waals surface area (Å²) >= 11 is 0. The van der Waals surface area contributed by atoms with Crippen molar-refractivity contribution in [3.05, 3.63) is 47.7 Å². The van der Waals surface area contributed by atoms with Gasteiger partial charge in [0.2, 0.25) is 0 Å². The van der Waals surface area contributed by atoms with Gasteiger partial charge >= 0.3 is 5.97 Å². The summed E-state index contributed by atoms with van der Waals surface area (Å²) in [6.45, 7) is 0. The van der Waals surface area contributed by atoms with Crippen LogP contribution in [0.1, 0.15) is 17.5 Å². The first-order valence-electron chi connectivity index (χ1n) is 5.87. The summed E-state index contributed by atoms with van der Waals surface area (Å²) in [7, 11) is 1.38. The molecule has 1 aliphatic rings. The third kappa shape index (κ3) is 3.09. The minimum atomic E-state index is -0.325. The fraction of sp³-hybridized carbons (Fsp3) is 0.357. The van der Waals surface area contributed by atoms with Crippen LogP contribution in [0.2, 0.25) is 0 Å². The lowest BCUT2D eigenvalue weighted by Crippen LogP contribution is -2.31. The van der Waals surface area contributed by atoms with Gasteiger partial charge in [0, 0.05) is 18.3 Å². The Bertz CT molecular complexity index is 426. The van der Waals surface area contributed by atoms with Crippen LogP contribution in [0.5, 0.6) is 0 Å². The van der Waals surface area contributed by atoms with E-state index >= 15 is 0 Å². The highest BCUT2D eigenvalue weighted by Crippen LogP contribution is 2.20. The number of methoxy groups -OCH3 is 1. The van der Waals surface area contributed by atoms with Crippen LogP contribution in [0.4, 0.5) is 0 Å². The van der Waals surface area contributed by atoms with Crippen LogP contribution in [0.25, 0.3) is 0 Å². The van der Waals surface area contributed by atoms with Gasteiger partial charge < -0.3 is 10.1 Å². The van der Waals surface area contributed by atoms with Crippen molar-refractivity contribution in [2.24, 2.45) is 0 Å². The number of hydrogen-bond acceptors (Lipinski definition) is 3. The van der Waals surface area contributed by atoms with Gasteiger partial charge in [0.25, 0.3) is 0 Å². The zero-order valence-corrected chi connectivity index (χ0v) is 9.98. The highest BCUT2D eigenvalue weighted by Gasteiger charge is 2.16. The molecule has 1 N–H and O–H groups in total. The summed E-state index contributed by atoms with van der Waals surface area (Å²) in [5.41, 5.74) is 2.85. The molecule has 0 aliphatic heterocycles. The van der Waals surface area contributed by atoms with Gasteiger partial charge in [-0.2, -0.15) is 0 Å². The lowest BCUT2D eigenvalue weighted by atomic mass is 9.88. The molecule has 3 heteroatoms. The Labute approximate surface area is 101 Å². The number of esters is 1. The maximum Gasteiger partial charge on any atom is 0.331 e. The van der Waals surface area contributed by atoms with Gasteiger partial charge in [0.1, 0.15) is 0 Å². The molecule has 0 saturated carbocycles. The molecule has 0 radical (unpaired) electrons. The predicted octanol–water partition coefficient (Wildman–Crippen LogP) is 1.82. The van der Waals surface area contributed by atoms with E-state index in [0.29, 0.717) is 6.04 Å². The number of nitrogens with one attached hydrogen (secondary N) is 1. The van der Waals surface area contributed by atoms with Crippen LogP contribution in [0, 0.1) is 0 Å². The van der Waals surface area contributed by atoms with E-state index in [1.807, 2.05) is 0 Å². The lowest BCUT2D eigenvalue weighted by molar-refractivity contribution is -0.134. The topological polar surface area (TPSA) is 38.3 Å². The van der Waals surface area contributed by atoms with E-state index in [1.165, 1.54) is 24.3 Å². The van der Waals surface area contributed by atoms with E-state index in [9.17, 15) is 4.79 Å². The number of hydrogen-bond donors (Lipinski definition) is 1. The second-order valence-corrected chi connectivity index (χ2v) is 4.23. The fourth-order valence-electron chi connectivity index (χ4n) is 2.16. The molecular formula is C14H17NO2. The fourth-order valence-corrected chi connectivity index (χ4v) is 2.16. The monoisotopic (exact) mass is 231 g/mol. The Hall–Kier alpha value is -1.77. The van der Waals surface area contributed by atoms with Gasteiger partial charge in [0.05, 0.1) is 7.11 Å². The highest BCUT2D eigenvalue weighted by atomic mass is 16.5. The van der Waals surface area contributed by atoms with Crippen molar-refractivity contribution in [3.63, 3.8) is 0 Å². The van der Waals surface area contributed by atoms with Crippen molar-refractivity contribution in [2.75, 3.05) is 7.11 Å². The second-order valence-electron chi connectivity index (χ2n) is 4.23. The minimum Gasteiger partial charge on any atom is -0.466 e. The van der Waals surface area contributed by atoms with Gasteiger partial charge in [-0.15, -0.1) is 0 Å². The molecule has 0 spiro atoms. The van der Waals surface area contributed by atoms with Gasteiger partial charge in [-0.25, -0.2) is 4.79 Å². The van der Waals surface area contributed by atoms with Crippen LogP contribution in [-0.4, -0.2) is 19.1 Å². The molecule has 0 heterocycles. The maximum atomic E-state index is 10.9. The first kappa shape index (κ1) is 11.7. The van der Waals surface area contributed by atoms with Gasteiger partial charge in [-0.3, -0.25) is 0 Å². The molecule has 2 rings (SSSR count). The first-order valence-corrected chi connectivity index (χ1v) is 5.87. The van der Waals surface area contributed by atoms with E-state index in [4.69, 9.17) is 0 Å². The third-order valence-electron chi connectivity index (χ3n) is 3.10. The molecule has 1 aromatic carbocycles. The Morgan fingerprint density at radius 3 is 2.94 bits per heavy atom. The van der Waals surface area contributed by atoms with Crippen LogP contribution in [-0.2, 0) is 22.4 Å². The van der Waals surface area contributed by atoms with Crippen molar-refractivity contribution >= 4 is 5.97 Å². The van der Waals surface area contributed by atoms with E-state index < -0.39 is 0 Å². The summed E-state index contributed by atoms with van der Waals surface area (Å²) in [4.78, 5) is 10.9. The molecule has 90 valence electrons. The normalized spacial score (nSPS) is 18.8. The number of ether oxygens (including phenoxy) is 1. The Morgan fingerprint density at radius 2 is 2.18 bits per heavy atom. The van der Waals surface area contributed by atoms with Crippen LogP contribution in [0.3, 0.4) is 0 Å². The van der Waals surface area contributed by atoms with Crippen molar-refractivity contribution in [3.8, 4) is 0 Å². The summed E-state index contributed by atoms with van der Waals surface area (Å²) in [6.07, 6.45) is 6.31. The van der Waals surface area contributed by atoms with Crippen LogP contribution in [0.15, 0.2) is 36.5 Å². The summed E-state index contributed by atoms with van der Waals surface area (Å²) in [5.74, 6) is -0.325. The van der Waals surface area contributed by atoms with Gasteiger partial charge in [0.15, 0.2) is 0 Å². The van der Waals surface area contributed by atoms with E-state index in [-0.39, 0.29) is 5.97 Å². The number of carbonyl (C=O) groups excluding carboxylic acids is 1. The number of fused-ring (bicyclic) bond motifs is 1. The smallest absolute Gasteiger partial charge is 0.331 e. The molecule has 0 bridgehead atoms. The second kappa shape index (κ2) is 5.53. The molecule has 1 atom stereocenters. The number of benzene rings is 1. The zero-order chi connectivity index (χ0) is 12.1. The number of aryl methyl sites for hydroxylation is 1. The average Bonchev–Trinajstić information content (AvgIpc) is 2.38. The van der Waals surface area contributed by atoms with Crippen molar-refractivity contribution in [2.45, 2.75) is 25.3 Å². The quantitative estimate of drug-likeness (QED) is 0.637. The highest BCUT2D eigenvalue weighted by molar-refractivity contribution is 5.81. The lowest BCUT2D eigenvalue weighted by Gasteiger charge is -2.24. The molecular weight excluding hydrogens is 214 g/mol. The molecule has 3 nitrogen and oxygen atoms in total. The molecule has 1 aliphatic carbocycles. The summed E-state index contributed by atoms with van der Waals surface area (Å²) in [6, 6.07) is 8.93. The Kier molecular flexibility index (Phi) is 3.81. The maximum absolute atomic E-state index is 10.9. The largest absolute Gasteiger partial charge is 0.466 e. The molecule has 0 saturated heterocycles. The minimum absolute atomic E-state index is 0.325. The molecule has 0 fully saturated rings. The summed E-state index contributed by atoms with van der Waals surface area (Å²) in [5, 5.41) is 3.25. The van der Waals surface area contributed by atoms with Crippen molar-refractivity contribution in [1.29, 1.82) is 0 Å². The Morgan fingerprint density at radius 1 is 1.41 bits per heavy atom. The van der Waals surface area contributed by atoms with E-state index in [2.05, 4.69) is 34.3 Å². The molecule has 1 unspecified atom stereocenters. The van der Waals surface area contributed by atoms with Crippen LogP contribution < -0.4 is 5.32 Å². The van der Waals surface area contributed by atoms with Crippen LogP contribution >= 0.6 is 0 Å². The summed E-state index contributed by atoms with van der Waals surface area (Å²) < 4.78 is 4.53. The molecule has 0 amide bonds. The third-order valence-corrected chi connectivity index (χ3v) is 3.10. The van der Waals surface area contributed by atoms with Gasteiger partial charge in [-0.05, 0) is 30.4 Å². The van der Waals surface area contributed by atoms with Crippen molar-refractivity contribution in [1.82, 2.24) is 5.32 Å². The standard InChI is InChI=1S/C14H17NO2/c1-17-14(16)8-9-15-13-7-6-11-4-2-3-5-12(11)10-13/h2-5,8-9,13,15H,6-7,10H2,1H3/b9-8+. The average molecular weight is 231 g/mol. The Balaban J connectivity index is 1.90. The first-order chi connectivity index (χ1) is 8.29. The predicted molar refractivity (Wildman–Crippen MR) is 66.5 cm³/mol.